The zero-order chi connectivity index (χ0) is 20.9. The molecule has 2 aliphatic rings. The van der Waals surface area contributed by atoms with Crippen molar-refractivity contribution in [3.8, 4) is 17.2 Å². The van der Waals surface area contributed by atoms with Crippen molar-refractivity contribution in [3.63, 3.8) is 0 Å². The van der Waals surface area contributed by atoms with Gasteiger partial charge in [0, 0.05) is 37.8 Å². The van der Waals surface area contributed by atoms with Gasteiger partial charge in [-0.05, 0) is 23.8 Å². The normalized spacial score (nSPS) is 16.0. The lowest BCUT2D eigenvalue weighted by Gasteiger charge is -2.26. The summed E-state index contributed by atoms with van der Waals surface area (Å²) in [4.78, 5) is 15.0. The zero-order valence-corrected chi connectivity index (χ0v) is 15.8. The van der Waals surface area contributed by atoms with E-state index >= 15 is 0 Å². The molecule has 0 amide bonds. The van der Waals surface area contributed by atoms with E-state index in [4.69, 9.17) is 9.47 Å². The van der Waals surface area contributed by atoms with Crippen molar-refractivity contribution in [2.75, 3.05) is 13.3 Å². The summed E-state index contributed by atoms with van der Waals surface area (Å²) in [5.74, 6) is 1.22. The first kappa shape index (κ1) is 18.8. The van der Waals surface area contributed by atoms with Crippen LogP contribution in [0.4, 0.5) is 13.2 Å². The number of nitrogens with one attached hydrogen (secondary N) is 1. The first-order valence-electron chi connectivity index (χ1n) is 9.50. The number of fused-ring (bicyclic) bond motifs is 2. The third-order valence-electron chi connectivity index (χ3n) is 5.41. The van der Waals surface area contributed by atoms with Gasteiger partial charge in [-0.1, -0.05) is 18.2 Å². The molecule has 0 unspecified atom stereocenters. The second kappa shape index (κ2) is 6.94. The molecule has 0 saturated carbocycles. The second-order valence-corrected chi connectivity index (χ2v) is 7.41. The molecule has 2 aliphatic heterocycles. The number of aromatic amines is 1. The Bertz CT molecular complexity index is 1170. The van der Waals surface area contributed by atoms with Gasteiger partial charge < -0.3 is 9.47 Å². The summed E-state index contributed by atoms with van der Waals surface area (Å²) in [5, 5.41) is 3.16. The summed E-state index contributed by atoms with van der Waals surface area (Å²) >= 11 is 0. The molecule has 0 bridgehead atoms. The molecule has 0 saturated heterocycles. The highest BCUT2D eigenvalue weighted by Crippen LogP contribution is 2.33. The first-order chi connectivity index (χ1) is 14.4. The fraction of sp³-hybridized carbons (Fsp3) is 0.286. The number of nitrogens with zero attached hydrogens (tertiary/aromatic N) is 2. The molecule has 3 heterocycles. The maximum atomic E-state index is 13.0. The van der Waals surface area contributed by atoms with E-state index in [9.17, 15) is 18.0 Å². The van der Waals surface area contributed by atoms with Crippen LogP contribution < -0.4 is 15.0 Å². The van der Waals surface area contributed by atoms with E-state index in [2.05, 4.69) is 5.10 Å². The summed E-state index contributed by atoms with van der Waals surface area (Å²) in [6, 6.07) is 10.6. The van der Waals surface area contributed by atoms with Crippen LogP contribution in [0.3, 0.4) is 0 Å². The molecule has 9 heteroatoms. The van der Waals surface area contributed by atoms with Crippen LogP contribution in [-0.2, 0) is 25.7 Å². The van der Waals surface area contributed by atoms with Crippen molar-refractivity contribution in [3.05, 3.63) is 75.2 Å². The van der Waals surface area contributed by atoms with Gasteiger partial charge in [0.25, 0.3) is 5.56 Å². The minimum atomic E-state index is -4.37. The Morgan fingerprint density at radius 3 is 2.73 bits per heavy atom. The van der Waals surface area contributed by atoms with Gasteiger partial charge in [-0.25, -0.2) is 4.68 Å². The number of aromatic nitrogens is 2. The number of ether oxygens (including phenoxy) is 2. The van der Waals surface area contributed by atoms with E-state index in [1.165, 1.54) is 10.7 Å². The Balaban J connectivity index is 1.38. The lowest BCUT2D eigenvalue weighted by Crippen LogP contribution is -2.32. The van der Waals surface area contributed by atoms with Crippen LogP contribution >= 0.6 is 0 Å². The molecule has 0 radical (unpaired) electrons. The van der Waals surface area contributed by atoms with Crippen LogP contribution in [0, 0.1) is 0 Å². The van der Waals surface area contributed by atoms with E-state index in [-0.39, 0.29) is 12.4 Å². The molecule has 0 spiro atoms. The fourth-order valence-electron chi connectivity index (χ4n) is 3.90. The lowest BCUT2D eigenvalue weighted by atomic mass is 10.1. The maximum absolute atomic E-state index is 13.0. The van der Waals surface area contributed by atoms with Crippen molar-refractivity contribution < 1.29 is 22.6 Å². The zero-order valence-electron chi connectivity index (χ0n) is 15.8. The van der Waals surface area contributed by atoms with Gasteiger partial charge in [0.15, 0.2) is 11.5 Å². The van der Waals surface area contributed by atoms with Crippen LogP contribution in [0.25, 0.3) is 5.69 Å². The van der Waals surface area contributed by atoms with Crippen molar-refractivity contribution in [2.45, 2.75) is 25.7 Å². The minimum absolute atomic E-state index is 0.152. The number of hydrogen-bond donors (Lipinski definition) is 1. The SMILES string of the molecule is O=c1c2c([nH]n1-c1ccc3c(c1)OCO3)CCN(Cc1cccc(C(F)(F)F)c1)C2. The largest absolute Gasteiger partial charge is 0.454 e. The Hall–Kier alpha value is -3.20. The fourth-order valence-corrected chi connectivity index (χ4v) is 3.90. The van der Waals surface area contributed by atoms with Crippen LogP contribution in [-0.4, -0.2) is 28.0 Å². The average Bonchev–Trinajstić information content (AvgIpc) is 3.31. The number of benzene rings is 2. The third kappa shape index (κ3) is 3.35. The molecular weight excluding hydrogens is 399 g/mol. The molecule has 156 valence electrons. The maximum Gasteiger partial charge on any atom is 0.416 e. The van der Waals surface area contributed by atoms with Crippen LogP contribution in [0.1, 0.15) is 22.4 Å². The van der Waals surface area contributed by atoms with Crippen LogP contribution in [0.2, 0.25) is 0 Å². The minimum Gasteiger partial charge on any atom is -0.454 e. The smallest absolute Gasteiger partial charge is 0.416 e. The highest BCUT2D eigenvalue weighted by Gasteiger charge is 2.31. The van der Waals surface area contributed by atoms with Crippen molar-refractivity contribution in [1.29, 1.82) is 0 Å². The number of hydrogen-bond acceptors (Lipinski definition) is 4. The van der Waals surface area contributed by atoms with Gasteiger partial charge in [0.1, 0.15) is 0 Å². The number of rotatable bonds is 3. The number of H-pyrrole nitrogens is 1. The van der Waals surface area contributed by atoms with Gasteiger partial charge in [-0.3, -0.25) is 14.8 Å². The molecule has 0 atom stereocenters. The molecule has 0 aliphatic carbocycles. The molecule has 1 aromatic heterocycles. The van der Waals surface area contributed by atoms with Crippen LogP contribution in [0.15, 0.2) is 47.3 Å². The van der Waals surface area contributed by atoms with Crippen LogP contribution in [0.5, 0.6) is 11.5 Å². The Kier molecular flexibility index (Phi) is 4.35. The number of alkyl halides is 3. The number of halogens is 3. The van der Waals surface area contributed by atoms with Crippen molar-refractivity contribution in [1.82, 2.24) is 14.7 Å². The quantitative estimate of drug-likeness (QED) is 0.709. The summed E-state index contributed by atoms with van der Waals surface area (Å²) < 4.78 is 51.1. The summed E-state index contributed by atoms with van der Waals surface area (Å²) in [6.07, 6.45) is -3.76. The highest BCUT2D eigenvalue weighted by molar-refractivity contribution is 5.50. The average molecular weight is 417 g/mol. The molecule has 0 fully saturated rings. The van der Waals surface area contributed by atoms with E-state index < -0.39 is 11.7 Å². The van der Waals surface area contributed by atoms with Gasteiger partial charge >= 0.3 is 6.18 Å². The van der Waals surface area contributed by atoms with Crippen molar-refractivity contribution in [2.24, 2.45) is 0 Å². The third-order valence-corrected chi connectivity index (χ3v) is 5.41. The molecule has 2 aromatic carbocycles. The van der Waals surface area contributed by atoms with E-state index in [0.29, 0.717) is 54.4 Å². The topological polar surface area (TPSA) is 59.5 Å². The summed E-state index contributed by atoms with van der Waals surface area (Å²) in [5.41, 5.74) is 1.86. The summed E-state index contributed by atoms with van der Waals surface area (Å²) in [7, 11) is 0. The molecular formula is C21H18F3N3O3. The van der Waals surface area contributed by atoms with E-state index in [1.54, 1.807) is 24.3 Å². The van der Waals surface area contributed by atoms with E-state index in [1.807, 2.05) is 4.90 Å². The molecule has 6 nitrogen and oxygen atoms in total. The Morgan fingerprint density at radius 1 is 1.07 bits per heavy atom. The Labute approximate surface area is 169 Å². The molecule has 5 rings (SSSR count). The predicted molar refractivity (Wildman–Crippen MR) is 102 cm³/mol. The van der Waals surface area contributed by atoms with Crippen molar-refractivity contribution >= 4 is 0 Å². The summed E-state index contributed by atoms with van der Waals surface area (Å²) in [6.45, 7) is 1.51. The van der Waals surface area contributed by atoms with Gasteiger partial charge in [0.05, 0.1) is 16.8 Å². The first-order valence-corrected chi connectivity index (χ1v) is 9.50. The molecule has 1 N–H and O–H groups in total. The predicted octanol–water partition coefficient (Wildman–Crippen LogP) is 3.47. The lowest BCUT2D eigenvalue weighted by molar-refractivity contribution is -0.137. The highest BCUT2D eigenvalue weighted by atomic mass is 19.4. The van der Waals surface area contributed by atoms with Gasteiger partial charge in [-0.15, -0.1) is 0 Å². The molecule has 30 heavy (non-hydrogen) atoms. The standard InChI is InChI=1S/C21H18F3N3O3/c22-21(23,24)14-3-1-2-13(8-14)10-26-7-6-17-16(11-26)20(28)27(25-17)15-4-5-18-19(9-15)30-12-29-18/h1-5,8-9,25H,6-7,10-12H2. The monoisotopic (exact) mass is 417 g/mol. The second-order valence-electron chi connectivity index (χ2n) is 7.41. The van der Waals surface area contributed by atoms with Gasteiger partial charge in [0.2, 0.25) is 6.79 Å². The Morgan fingerprint density at radius 2 is 1.90 bits per heavy atom. The molecule has 3 aromatic rings. The van der Waals surface area contributed by atoms with Gasteiger partial charge in [-0.2, -0.15) is 13.2 Å². The van der Waals surface area contributed by atoms with E-state index in [0.717, 1.165) is 17.8 Å².